The van der Waals surface area contributed by atoms with Gasteiger partial charge in [-0.05, 0) is 56.4 Å². The van der Waals surface area contributed by atoms with Gasteiger partial charge in [-0.25, -0.2) is 0 Å². The average Bonchev–Trinajstić information content (AvgIpc) is 2.54. The molecular weight excluding hydrogens is 296 g/mol. The predicted octanol–water partition coefficient (Wildman–Crippen LogP) is 4.02. The Morgan fingerprint density at radius 3 is 2.79 bits per heavy atom. The number of aryl methyl sites for hydroxylation is 2. The van der Waals surface area contributed by atoms with Gasteiger partial charge in [0, 0.05) is 37.3 Å². The van der Waals surface area contributed by atoms with E-state index >= 15 is 0 Å². The Morgan fingerprint density at radius 1 is 1.21 bits per heavy atom. The highest BCUT2D eigenvalue weighted by Crippen LogP contribution is 2.27. The standard InChI is InChI=1S/C21H26N2O/c1-15-6-4-7-18(10-15)12-19-11-16(2)22-21(13-19)20-8-5-9-23(14-20)17(3)24/h4,6-7,10-11,13,20H,5,8-9,12,14H2,1-3H3. The molecule has 24 heavy (non-hydrogen) atoms. The quantitative estimate of drug-likeness (QED) is 0.855. The van der Waals surface area contributed by atoms with Crippen molar-refractivity contribution in [2.75, 3.05) is 13.1 Å². The van der Waals surface area contributed by atoms with Crippen molar-refractivity contribution in [3.05, 3.63) is 64.5 Å². The molecule has 1 unspecified atom stereocenters. The third kappa shape index (κ3) is 4.02. The summed E-state index contributed by atoms with van der Waals surface area (Å²) in [5.41, 5.74) is 6.14. The molecule has 0 N–H and O–H groups in total. The summed E-state index contributed by atoms with van der Waals surface area (Å²) in [6.45, 7) is 7.54. The van der Waals surface area contributed by atoms with Crippen molar-refractivity contribution in [1.29, 1.82) is 0 Å². The number of amides is 1. The van der Waals surface area contributed by atoms with Crippen LogP contribution < -0.4 is 0 Å². The Labute approximate surface area is 144 Å². The van der Waals surface area contributed by atoms with Crippen LogP contribution in [0, 0.1) is 13.8 Å². The van der Waals surface area contributed by atoms with Gasteiger partial charge in [-0.3, -0.25) is 9.78 Å². The summed E-state index contributed by atoms with van der Waals surface area (Å²) in [5.74, 6) is 0.533. The number of carbonyl (C=O) groups is 1. The SMILES string of the molecule is CC(=O)N1CCCC(c2cc(Cc3cccc(C)c3)cc(C)n2)C1. The molecule has 3 heteroatoms. The Balaban J connectivity index is 1.82. The van der Waals surface area contributed by atoms with E-state index in [0.29, 0.717) is 5.92 Å². The molecule has 126 valence electrons. The van der Waals surface area contributed by atoms with Gasteiger partial charge in [0.15, 0.2) is 0 Å². The third-order valence-electron chi connectivity index (χ3n) is 4.81. The second-order valence-corrected chi connectivity index (χ2v) is 7.01. The maximum absolute atomic E-state index is 11.7. The van der Waals surface area contributed by atoms with Crippen LogP contribution in [0.25, 0.3) is 0 Å². The van der Waals surface area contributed by atoms with Crippen LogP contribution in [-0.2, 0) is 11.2 Å². The number of rotatable bonds is 3. The molecule has 0 radical (unpaired) electrons. The lowest BCUT2D eigenvalue weighted by Gasteiger charge is -2.32. The zero-order valence-electron chi connectivity index (χ0n) is 14.9. The molecule has 0 bridgehead atoms. The van der Waals surface area contributed by atoms with E-state index in [-0.39, 0.29) is 5.91 Å². The molecule has 3 nitrogen and oxygen atoms in total. The van der Waals surface area contributed by atoms with Crippen LogP contribution in [0.5, 0.6) is 0 Å². The topological polar surface area (TPSA) is 33.2 Å². The van der Waals surface area contributed by atoms with Gasteiger partial charge in [0.25, 0.3) is 0 Å². The summed E-state index contributed by atoms with van der Waals surface area (Å²) in [4.78, 5) is 18.4. The van der Waals surface area contributed by atoms with Gasteiger partial charge in [-0.1, -0.05) is 29.8 Å². The van der Waals surface area contributed by atoms with Crippen LogP contribution in [-0.4, -0.2) is 28.9 Å². The summed E-state index contributed by atoms with van der Waals surface area (Å²) >= 11 is 0. The molecule has 1 fully saturated rings. The normalized spacial score (nSPS) is 17.8. The van der Waals surface area contributed by atoms with Gasteiger partial charge >= 0.3 is 0 Å². The molecule has 1 atom stereocenters. The van der Waals surface area contributed by atoms with E-state index in [1.54, 1.807) is 6.92 Å². The summed E-state index contributed by atoms with van der Waals surface area (Å²) in [6, 6.07) is 13.1. The first-order chi connectivity index (χ1) is 11.5. The van der Waals surface area contributed by atoms with Crippen molar-refractivity contribution in [2.24, 2.45) is 0 Å². The number of nitrogens with zero attached hydrogens (tertiary/aromatic N) is 2. The van der Waals surface area contributed by atoms with Gasteiger partial charge in [0.1, 0.15) is 0 Å². The first-order valence-corrected chi connectivity index (χ1v) is 8.80. The molecule has 1 aromatic heterocycles. The summed E-state index contributed by atoms with van der Waals surface area (Å²) in [7, 11) is 0. The van der Waals surface area contributed by atoms with Crippen molar-refractivity contribution in [3.8, 4) is 0 Å². The fourth-order valence-corrected chi connectivity index (χ4v) is 3.64. The molecule has 2 heterocycles. The van der Waals surface area contributed by atoms with E-state index in [9.17, 15) is 4.79 Å². The molecule has 2 aromatic rings. The molecule has 0 aliphatic carbocycles. The highest BCUT2D eigenvalue weighted by molar-refractivity contribution is 5.73. The van der Waals surface area contributed by atoms with Crippen molar-refractivity contribution >= 4 is 5.91 Å². The smallest absolute Gasteiger partial charge is 0.219 e. The molecular formula is C21H26N2O. The van der Waals surface area contributed by atoms with E-state index in [0.717, 1.165) is 43.7 Å². The average molecular weight is 322 g/mol. The van der Waals surface area contributed by atoms with Crippen molar-refractivity contribution in [1.82, 2.24) is 9.88 Å². The number of aromatic nitrogens is 1. The maximum Gasteiger partial charge on any atom is 0.219 e. The van der Waals surface area contributed by atoms with Gasteiger partial charge in [0.05, 0.1) is 0 Å². The number of hydrogen-bond acceptors (Lipinski definition) is 2. The van der Waals surface area contributed by atoms with Crippen LogP contribution in [0.2, 0.25) is 0 Å². The number of likely N-dealkylation sites (tertiary alicyclic amines) is 1. The minimum atomic E-state index is 0.173. The fourth-order valence-electron chi connectivity index (χ4n) is 3.64. The van der Waals surface area contributed by atoms with Crippen molar-refractivity contribution in [2.45, 2.75) is 46.0 Å². The highest BCUT2D eigenvalue weighted by Gasteiger charge is 2.24. The Kier molecular flexibility index (Phi) is 4.98. The van der Waals surface area contributed by atoms with E-state index in [1.807, 2.05) is 4.90 Å². The van der Waals surface area contributed by atoms with E-state index in [2.05, 4.69) is 50.2 Å². The van der Waals surface area contributed by atoms with Gasteiger partial charge in [-0.2, -0.15) is 0 Å². The lowest BCUT2D eigenvalue weighted by Crippen LogP contribution is -2.37. The third-order valence-corrected chi connectivity index (χ3v) is 4.81. The number of hydrogen-bond donors (Lipinski definition) is 0. The number of pyridine rings is 1. The second-order valence-electron chi connectivity index (χ2n) is 7.01. The molecule has 0 spiro atoms. The largest absolute Gasteiger partial charge is 0.342 e. The second kappa shape index (κ2) is 7.16. The minimum Gasteiger partial charge on any atom is -0.342 e. The monoisotopic (exact) mass is 322 g/mol. The van der Waals surface area contributed by atoms with Crippen LogP contribution in [0.4, 0.5) is 0 Å². The van der Waals surface area contributed by atoms with E-state index in [4.69, 9.17) is 4.98 Å². The van der Waals surface area contributed by atoms with Gasteiger partial charge in [0.2, 0.25) is 5.91 Å². The van der Waals surface area contributed by atoms with Crippen molar-refractivity contribution in [3.63, 3.8) is 0 Å². The molecule has 1 amide bonds. The Hall–Kier alpha value is -2.16. The fraction of sp³-hybridized carbons (Fsp3) is 0.429. The maximum atomic E-state index is 11.7. The van der Waals surface area contributed by atoms with Gasteiger partial charge < -0.3 is 4.90 Å². The molecule has 1 aliphatic rings. The molecule has 3 rings (SSSR count). The molecule has 1 saturated heterocycles. The summed E-state index contributed by atoms with van der Waals surface area (Å²) < 4.78 is 0. The molecule has 0 saturated carbocycles. The highest BCUT2D eigenvalue weighted by atomic mass is 16.2. The summed E-state index contributed by atoms with van der Waals surface area (Å²) in [6.07, 6.45) is 3.11. The van der Waals surface area contributed by atoms with E-state index < -0.39 is 0 Å². The van der Waals surface area contributed by atoms with Crippen LogP contribution >= 0.6 is 0 Å². The number of piperidine rings is 1. The molecule has 1 aromatic carbocycles. The first-order valence-electron chi connectivity index (χ1n) is 8.80. The van der Waals surface area contributed by atoms with Crippen LogP contribution in [0.1, 0.15) is 53.8 Å². The number of benzene rings is 1. The minimum absolute atomic E-state index is 0.173. The predicted molar refractivity (Wildman–Crippen MR) is 97.2 cm³/mol. The zero-order chi connectivity index (χ0) is 17.1. The number of carbonyl (C=O) groups excluding carboxylic acids is 1. The zero-order valence-corrected chi connectivity index (χ0v) is 14.9. The lowest BCUT2D eigenvalue weighted by atomic mass is 9.92. The van der Waals surface area contributed by atoms with Gasteiger partial charge in [-0.15, -0.1) is 0 Å². The Bertz CT molecular complexity index is 738. The van der Waals surface area contributed by atoms with E-state index in [1.165, 1.54) is 16.7 Å². The Morgan fingerprint density at radius 2 is 2.04 bits per heavy atom. The lowest BCUT2D eigenvalue weighted by molar-refractivity contribution is -0.130. The molecule has 1 aliphatic heterocycles. The first kappa shape index (κ1) is 16.7. The van der Waals surface area contributed by atoms with Crippen molar-refractivity contribution < 1.29 is 4.79 Å². The summed E-state index contributed by atoms with van der Waals surface area (Å²) in [5, 5.41) is 0. The van der Waals surface area contributed by atoms with Crippen LogP contribution in [0.15, 0.2) is 36.4 Å². The van der Waals surface area contributed by atoms with Crippen LogP contribution in [0.3, 0.4) is 0 Å².